The minimum absolute atomic E-state index is 1.12. The van der Waals surface area contributed by atoms with Crippen LogP contribution in [0.15, 0.2) is 4.99 Å². The molecule has 0 aliphatic carbocycles. The van der Waals surface area contributed by atoms with Crippen LogP contribution in [0.4, 0.5) is 0 Å². The molecule has 2 aromatic rings. The van der Waals surface area contributed by atoms with Crippen LogP contribution >= 0.6 is 0 Å². The molecule has 1 aromatic heterocycles. The Morgan fingerprint density at radius 2 is 1.47 bits per heavy atom. The number of nitrogens with zero attached hydrogens (tertiary/aromatic N) is 2. The Morgan fingerprint density at radius 3 is 2.00 bits per heavy atom. The Bertz CT molecular complexity index is 700. The van der Waals surface area contributed by atoms with Crippen LogP contribution in [-0.2, 0) is 7.05 Å². The summed E-state index contributed by atoms with van der Waals surface area (Å²) in [6.45, 7) is 13.2. The van der Waals surface area contributed by atoms with Crippen molar-refractivity contribution in [3.8, 4) is 0 Å². The monoisotopic (exact) mass is 256 g/mol. The summed E-state index contributed by atoms with van der Waals surface area (Å²) >= 11 is 0. The number of rotatable bonds is 1. The number of benzene rings is 1. The molecule has 0 atom stereocenters. The van der Waals surface area contributed by atoms with E-state index in [0.29, 0.717) is 0 Å². The Labute approximate surface area is 116 Å². The number of hydrogen-bond donors (Lipinski definition) is 0. The summed E-state index contributed by atoms with van der Waals surface area (Å²) in [4.78, 5) is 4.42. The van der Waals surface area contributed by atoms with Gasteiger partial charge in [-0.15, -0.1) is 0 Å². The van der Waals surface area contributed by atoms with Gasteiger partial charge in [0.25, 0.3) is 0 Å². The number of aromatic nitrogens is 1. The first-order valence-corrected chi connectivity index (χ1v) is 6.82. The lowest BCUT2D eigenvalue weighted by atomic mass is 9.91. The fourth-order valence-electron chi connectivity index (χ4n) is 3.09. The molecular weight excluding hydrogens is 232 g/mol. The van der Waals surface area contributed by atoms with E-state index in [0.717, 1.165) is 5.71 Å². The van der Waals surface area contributed by atoms with E-state index in [9.17, 15) is 0 Å². The van der Waals surface area contributed by atoms with Crippen LogP contribution in [0.3, 0.4) is 0 Å². The van der Waals surface area contributed by atoms with Gasteiger partial charge in [0, 0.05) is 36.5 Å². The molecule has 0 fully saturated rings. The van der Waals surface area contributed by atoms with Crippen LogP contribution in [0.25, 0.3) is 10.9 Å². The van der Waals surface area contributed by atoms with E-state index in [1.807, 2.05) is 7.05 Å². The molecule has 0 N–H and O–H groups in total. The van der Waals surface area contributed by atoms with Gasteiger partial charge in [0.05, 0.1) is 5.52 Å². The van der Waals surface area contributed by atoms with E-state index < -0.39 is 0 Å². The summed E-state index contributed by atoms with van der Waals surface area (Å²) in [5.74, 6) is 0. The third-order valence-corrected chi connectivity index (χ3v) is 4.80. The van der Waals surface area contributed by atoms with Crippen LogP contribution in [0.2, 0.25) is 0 Å². The van der Waals surface area contributed by atoms with Gasteiger partial charge in [-0.25, -0.2) is 0 Å². The Hall–Kier alpha value is -1.57. The molecule has 0 bridgehead atoms. The van der Waals surface area contributed by atoms with E-state index in [4.69, 9.17) is 0 Å². The average Bonchev–Trinajstić information content (AvgIpc) is 2.61. The van der Waals surface area contributed by atoms with Crippen LogP contribution in [-0.4, -0.2) is 17.3 Å². The summed E-state index contributed by atoms with van der Waals surface area (Å²) in [5.41, 5.74) is 10.6. The van der Waals surface area contributed by atoms with Crippen LogP contribution in [0.5, 0.6) is 0 Å². The number of hydrogen-bond acceptors (Lipinski definition) is 1. The van der Waals surface area contributed by atoms with Crippen molar-refractivity contribution in [2.45, 2.75) is 41.5 Å². The van der Waals surface area contributed by atoms with E-state index in [-0.39, 0.29) is 0 Å². The van der Waals surface area contributed by atoms with Crippen LogP contribution in [0, 0.1) is 34.6 Å². The molecule has 0 aliphatic heterocycles. The number of aryl methyl sites for hydroxylation is 3. The predicted molar refractivity (Wildman–Crippen MR) is 84.7 cm³/mol. The van der Waals surface area contributed by atoms with Gasteiger partial charge in [0.15, 0.2) is 0 Å². The molecule has 2 rings (SSSR count). The lowest BCUT2D eigenvalue weighted by molar-refractivity contribution is 0.908. The van der Waals surface area contributed by atoms with Gasteiger partial charge in [-0.2, -0.15) is 0 Å². The minimum Gasteiger partial charge on any atom is -0.347 e. The first-order valence-electron chi connectivity index (χ1n) is 6.82. The van der Waals surface area contributed by atoms with Crippen molar-refractivity contribution >= 4 is 16.6 Å². The first kappa shape index (κ1) is 13.9. The maximum atomic E-state index is 4.42. The standard InChI is InChI=1S/C17H24N2/c1-9-10(2)15-12(4)14(6)19(8)17(15)16(11(9)3)13(5)18-7/h1-8H3. The summed E-state index contributed by atoms with van der Waals surface area (Å²) in [6.07, 6.45) is 0. The second kappa shape index (κ2) is 4.52. The molecule has 0 aliphatic rings. The molecular formula is C17H24N2. The summed E-state index contributed by atoms with van der Waals surface area (Å²) in [5, 5.41) is 1.40. The maximum Gasteiger partial charge on any atom is 0.0579 e. The molecule has 0 unspecified atom stereocenters. The van der Waals surface area contributed by atoms with E-state index in [2.05, 4.69) is 58.1 Å². The van der Waals surface area contributed by atoms with E-state index in [1.165, 1.54) is 44.4 Å². The zero-order valence-corrected chi connectivity index (χ0v) is 13.4. The summed E-state index contributed by atoms with van der Waals surface area (Å²) in [7, 11) is 4.03. The second-order valence-electron chi connectivity index (χ2n) is 5.55. The van der Waals surface area contributed by atoms with Crippen molar-refractivity contribution < 1.29 is 0 Å². The van der Waals surface area contributed by atoms with E-state index >= 15 is 0 Å². The highest BCUT2D eigenvalue weighted by Gasteiger charge is 2.19. The molecule has 0 radical (unpaired) electrons. The minimum atomic E-state index is 1.12. The summed E-state index contributed by atoms with van der Waals surface area (Å²) in [6, 6.07) is 0. The SMILES string of the molecule is CN=C(C)c1c(C)c(C)c(C)c2c(C)c(C)n(C)c12. The topological polar surface area (TPSA) is 17.3 Å². The van der Waals surface area contributed by atoms with Gasteiger partial charge in [-0.3, -0.25) is 4.99 Å². The number of fused-ring (bicyclic) bond motifs is 1. The lowest BCUT2D eigenvalue weighted by Crippen LogP contribution is -2.06. The van der Waals surface area contributed by atoms with Crippen molar-refractivity contribution in [2.75, 3.05) is 7.05 Å². The Morgan fingerprint density at radius 1 is 0.895 bits per heavy atom. The molecule has 0 saturated carbocycles. The zero-order chi connectivity index (χ0) is 14.5. The molecule has 102 valence electrons. The van der Waals surface area contributed by atoms with E-state index in [1.54, 1.807) is 0 Å². The molecule has 1 heterocycles. The molecule has 0 amide bonds. The first-order chi connectivity index (χ1) is 8.82. The van der Waals surface area contributed by atoms with Gasteiger partial charge in [0.2, 0.25) is 0 Å². The smallest absolute Gasteiger partial charge is 0.0579 e. The van der Waals surface area contributed by atoms with Crippen molar-refractivity contribution in [2.24, 2.45) is 12.0 Å². The highest BCUT2D eigenvalue weighted by Crippen LogP contribution is 2.34. The van der Waals surface area contributed by atoms with Gasteiger partial charge in [-0.05, 0) is 63.8 Å². The predicted octanol–water partition coefficient (Wildman–Crippen LogP) is 4.16. The maximum absolute atomic E-state index is 4.42. The Balaban J connectivity index is 3.16. The fourth-order valence-corrected chi connectivity index (χ4v) is 3.09. The van der Waals surface area contributed by atoms with Gasteiger partial charge in [0.1, 0.15) is 0 Å². The van der Waals surface area contributed by atoms with Gasteiger partial charge < -0.3 is 4.57 Å². The fraction of sp³-hybridized carbons (Fsp3) is 0.471. The Kier molecular flexibility index (Phi) is 3.29. The molecule has 0 spiro atoms. The summed E-state index contributed by atoms with van der Waals surface area (Å²) < 4.78 is 2.31. The van der Waals surface area contributed by atoms with Crippen LogP contribution in [0.1, 0.15) is 40.4 Å². The largest absolute Gasteiger partial charge is 0.347 e. The second-order valence-corrected chi connectivity index (χ2v) is 5.55. The van der Waals surface area contributed by atoms with Gasteiger partial charge >= 0.3 is 0 Å². The lowest BCUT2D eigenvalue weighted by Gasteiger charge is -2.16. The van der Waals surface area contributed by atoms with Crippen molar-refractivity contribution in [3.63, 3.8) is 0 Å². The molecule has 2 heteroatoms. The highest BCUT2D eigenvalue weighted by molar-refractivity contribution is 6.12. The average molecular weight is 256 g/mol. The number of aliphatic imine (C=N–C) groups is 1. The third-order valence-electron chi connectivity index (χ3n) is 4.80. The molecule has 2 nitrogen and oxygen atoms in total. The molecule has 19 heavy (non-hydrogen) atoms. The van der Waals surface area contributed by atoms with Gasteiger partial charge in [-0.1, -0.05) is 0 Å². The normalized spacial score (nSPS) is 12.5. The molecule has 1 aromatic carbocycles. The van der Waals surface area contributed by atoms with Crippen molar-refractivity contribution in [3.05, 3.63) is 33.5 Å². The van der Waals surface area contributed by atoms with Crippen molar-refractivity contribution in [1.29, 1.82) is 0 Å². The highest BCUT2D eigenvalue weighted by atomic mass is 14.9. The third kappa shape index (κ3) is 1.73. The molecule has 0 saturated heterocycles. The zero-order valence-electron chi connectivity index (χ0n) is 13.4. The van der Waals surface area contributed by atoms with Crippen LogP contribution < -0.4 is 0 Å². The van der Waals surface area contributed by atoms with Crippen molar-refractivity contribution in [1.82, 2.24) is 4.57 Å². The quantitative estimate of drug-likeness (QED) is 0.682.